The van der Waals surface area contributed by atoms with Gasteiger partial charge in [0.1, 0.15) is 11.5 Å². The minimum atomic E-state index is -0.143. The summed E-state index contributed by atoms with van der Waals surface area (Å²) in [6.07, 6.45) is 3.57. The number of anilines is 1. The van der Waals surface area contributed by atoms with Crippen LogP contribution in [-0.4, -0.2) is 15.5 Å². The van der Waals surface area contributed by atoms with E-state index in [1.165, 1.54) is 0 Å². The molecule has 0 aliphatic heterocycles. The maximum atomic E-state index is 12.1. The standard InChI is InChI=1S/C13H14BrN3O/c1-3-17-6-4-5-11(17)13(18)16-12-7-9(2)10(14)8-15-12/h4-8H,3H2,1-2H3,(H,15,16,18). The van der Waals surface area contributed by atoms with E-state index in [4.69, 9.17) is 0 Å². The maximum absolute atomic E-state index is 12.1. The van der Waals surface area contributed by atoms with Gasteiger partial charge in [-0.3, -0.25) is 4.79 Å². The molecule has 4 nitrogen and oxygen atoms in total. The van der Waals surface area contributed by atoms with Crippen LogP contribution < -0.4 is 5.32 Å². The Morgan fingerprint density at radius 1 is 1.56 bits per heavy atom. The molecule has 2 rings (SSSR count). The van der Waals surface area contributed by atoms with Gasteiger partial charge < -0.3 is 9.88 Å². The molecule has 2 aromatic rings. The Morgan fingerprint density at radius 3 is 3.00 bits per heavy atom. The number of hydrogen-bond donors (Lipinski definition) is 1. The fourth-order valence-corrected chi connectivity index (χ4v) is 1.90. The molecule has 0 fully saturated rings. The van der Waals surface area contributed by atoms with Crippen molar-refractivity contribution in [2.24, 2.45) is 0 Å². The molecule has 2 aromatic heterocycles. The smallest absolute Gasteiger partial charge is 0.273 e. The Morgan fingerprint density at radius 2 is 2.33 bits per heavy atom. The largest absolute Gasteiger partial charge is 0.344 e. The van der Waals surface area contributed by atoms with Gasteiger partial charge in [-0.25, -0.2) is 4.98 Å². The van der Waals surface area contributed by atoms with E-state index in [0.717, 1.165) is 16.6 Å². The number of amides is 1. The number of carbonyl (C=O) groups excluding carboxylic acids is 1. The van der Waals surface area contributed by atoms with Crippen LogP contribution in [-0.2, 0) is 6.54 Å². The molecule has 0 aromatic carbocycles. The first kappa shape index (κ1) is 12.8. The Hall–Kier alpha value is -1.62. The van der Waals surface area contributed by atoms with Crippen molar-refractivity contribution in [2.75, 3.05) is 5.32 Å². The van der Waals surface area contributed by atoms with Crippen molar-refractivity contribution in [3.63, 3.8) is 0 Å². The summed E-state index contributed by atoms with van der Waals surface area (Å²) in [5.41, 5.74) is 1.67. The molecule has 0 unspecified atom stereocenters. The predicted molar refractivity (Wildman–Crippen MR) is 74.7 cm³/mol. The van der Waals surface area contributed by atoms with Gasteiger partial charge >= 0.3 is 0 Å². The molecule has 0 bridgehead atoms. The van der Waals surface area contributed by atoms with E-state index in [9.17, 15) is 4.79 Å². The van der Waals surface area contributed by atoms with Crippen molar-refractivity contribution in [3.8, 4) is 0 Å². The Kier molecular flexibility index (Phi) is 3.81. The molecule has 0 aliphatic rings. The van der Waals surface area contributed by atoms with Gasteiger partial charge in [-0.15, -0.1) is 0 Å². The number of carbonyl (C=O) groups is 1. The van der Waals surface area contributed by atoms with Gasteiger partial charge in [-0.2, -0.15) is 0 Å². The van der Waals surface area contributed by atoms with Crippen molar-refractivity contribution in [2.45, 2.75) is 20.4 Å². The topological polar surface area (TPSA) is 46.9 Å². The molecule has 5 heteroatoms. The third-order valence-corrected chi connectivity index (χ3v) is 3.52. The lowest BCUT2D eigenvalue weighted by Gasteiger charge is -2.08. The quantitative estimate of drug-likeness (QED) is 0.946. The van der Waals surface area contributed by atoms with Gasteiger partial charge in [0, 0.05) is 23.4 Å². The predicted octanol–water partition coefficient (Wildman–Crippen LogP) is 3.23. The van der Waals surface area contributed by atoms with E-state index < -0.39 is 0 Å². The van der Waals surface area contributed by atoms with Gasteiger partial charge in [0.05, 0.1) is 0 Å². The molecule has 0 saturated carbocycles. The third kappa shape index (κ3) is 2.61. The Labute approximate surface area is 114 Å². The molecule has 0 spiro atoms. The highest BCUT2D eigenvalue weighted by Crippen LogP contribution is 2.17. The summed E-state index contributed by atoms with van der Waals surface area (Å²) in [7, 11) is 0. The molecule has 0 aliphatic carbocycles. The van der Waals surface area contributed by atoms with Gasteiger partial charge in [0.25, 0.3) is 5.91 Å². The number of aryl methyl sites for hydroxylation is 2. The summed E-state index contributed by atoms with van der Waals surface area (Å²) >= 11 is 3.38. The lowest BCUT2D eigenvalue weighted by molar-refractivity contribution is 0.101. The molecular formula is C13H14BrN3O. The number of nitrogens with one attached hydrogen (secondary N) is 1. The average Bonchev–Trinajstić information content (AvgIpc) is 2.82. The van der Waals surface area contributed by atoms with Crippen LogP contribution in [0.2, 0.25) is 0 Å². The monoisotopic (exact) mass is 307 g/mol. The SMILES string of the molecule is CCn1cccc1C(=O)Nc1cc(C)c(Br)cn1. The normalized spacial score (nSPS) is 10.4. The number of rotatable bonds is 3. The molecule has 94 valence electrons. The molecule has 0 radical (unpaired) electrons. The Balaban J connectivity index is 2.19. The number of aromatic nitrogens is 2. The van der Waals surface area contributed by atoms with E-state index in [1.807, 2.05) is 36.7 Å². The summed E-state index contributed by atoms with van der Waals surface area (Å²) in [4.78, 5) is 16.2. The molecular weight excluding hydrogens is 294 g/mol. The van der Waals surface area contributed by atoms with Crippen LogP contribution in [0.25, 0.3) is 0 Å². The van der Waals surface area contributed by atoms with Crippen LogP contribution in [0.3, 0.4) is 0 Å². The highest BCUT2D eigenvalue weighted by atomic mass is 79.9. The lowest BCUT2D eigenvalue weighted by Crippen LogP contribution is -2.17. The fourth-order valence-electron chi connectivity index (χ4n) is 1.68. The van der Waals surface area contributed by atoms with E-state index in [0.29, 0.717) is 11.5 Å². The minimum Gasteiger partial charge on any atom is -0.344 e. The second-order valence-corrected chi connectivity index (χ2v) is 4.81. The molecule has 0 atom stereocenters. The first-order valence-electron chi connectivity index (χ1n) is 5.70. The van der Waals surface area contributed by atoms with Crippen LogP contribution in [0.15, 0.2) is 35.1 Å². The van der Waals surface area contributed by atoms with Crippen molar-refractivity contribution < 1.29 is 4.79 Å². The van der Waals surface area contributed by atoms with Crippen molar-refractivity contribution >= 4 is 27.7 Å². The zero-order valence-electron chi connectivity index (χ0n) is 10.3. The van der Waals surface area contributed by atoms with Crippen molar-refractivity contribution in [3.05, 3.63) is 46.3 Å². The summed E-state index contributed by atoms with van der Waals surface area (Å²) in [6, 6.07) is 5.49. The summed E-state index contributed by atoms with van der Waals surface area (Å²) in [5.74, 6) is 0.417. The third-order valence-electron chi connectivity index (χ3n) is 2.69. The minimum absolute atomic E-state index is 0.143. The van der Waals surface area contributed by atoms with Gasteiger partial charge in [0.2, 0.25) is 0 Å². The first-order chi connectivity index (χ1) is 8.61. The summed E-state index contributed by atoms with van der Waals surface area (Å²) < 4.78 is 2.82. The van der Waals surface area contributed by atoms with Crippen LogP contribution in [0.4, 0.5) is 5.82 Å². The van der Waals surface area contributed by atoms with E-state index in [1.54, 1.807) is 12.3 Å². The summed E-state index contributed by atoms with van der Waals surface area (Å²) in [5, 5.41) is 2.80. The Bertz CT molecular complexity index is 577. The second-order valence-electron chi connectivity index (χ2n) is 3.95. The maximum Gasteiger partial charge on any atom is 0.273 e. The molecule has 1 amide bonds. The molecule has 18 heavy (non-hydrogen) atoms. The summed E-state index contributed by atoms with van der Waals surface area (Å²) in [6.45, 7) is 4.72. The van der Waals surface area contributed by atoms with Crippen molar-refractivity contribution in [1.29, 1.82) is 0 Å². The van der Waals surface area contributed by atoms with Crippen molar-refractivity contribution in [1.82, 2.24) is 9.55 Å². The molecule has 1 N–H and O–H groups in total. The number of hydrogen-bond acceptors (Lipinski definition) is 2. The van der Waals surface area contributed by atoms with Crippen LogP contribution in [0.5, 0.6) is 0 Å². The first-order valence-corrected chi connectivity index (χ1v) is 6.49. The van der Waals surface area contributed by atoms with Gasteiger partial charge in [0.15, 0.2) is 0 Å². The van der Waals surface area contributed by atoms with E-state index in [-0.39, 0.29) is 5.91 Å². The van der Waals surface area contributed by atoms with Crippen LogP contribution in [0, 0.1) is 6.92 Å². The highest BCUT2D eigenvalue weighted by molar-refractivity contribution is 9.10. The highest BCUT2D eigenvalue weighted by Gasteiger charge is 2.11. The second kappa shape index (κ2) is 5.35. The zero-order chi connectivity index (χ0) is 13.1. The number of halogens is 1. The lowest BCUT2D eigenvalue weighted by atomic mass is 10.3. The van der Waals surface area contributed by atoms with Crippen LogP contribution in [0.1, 0.15) is 23.0 Å². The molecule has 2 heterocycles. The van der Waals surface area contributed by atoms with Crippen LogP contribution >= 0.6 is 15.9 Å². The zero-order valence-corrected chi connectivity index (χ0v) is 11.9. The number of pyridine rings is 1. The fraction of sp³-hybridized carbons (Fsp3) is 0.231. The molecule has 0 saturated heterocycles. The van der Waals surface area contributed by atoms with E-state index in [2.05, 4.69) is 26.2 Å². The average molecular weight is 308 g/mol. The van der Waals surface area contributed by atoms with Gasteiger partial charge in [-0.1, -0.05) is 0 Å². The number of nitrogens with zero attached hydrogens (tertiary/aromatic N) is 2. The van der Waals surface area contributed by atoms with E-state index >= 15 is 0 Å². The van der Waals surface area contributed by atoms with Gasteiger partial charge in [-0.05, 0) is 53.5 Å².